The third kappa shape index (κ3) is 3.94. The number of nitrogens with zero attached hydrogens (tertiary/aromatic N) is 1. The normalized spacial score (nSPS) is 12.4. The number of oxazole rings is 1. The lowest BCUT2D eigenvalue weighted by Gasteiger charge is -2.11. The van der Waals surface area contributed by atoms with Gasteiger partial charge in [0.2, 0.25) is 5.89 Å². The molecule has 0 amide bonds. The first kappa shape index (κ1) is 17.7. The molecule has 2 aromatic carbocycles. The van der Waals surface area contributed by atoms with E-state index in [0.29, 0.717) is 5.89 Å². The predicted molar refractivity (Wildman–Crippen MR) is 110 cm³/mol. The van der Waals surface area contributed by atoms with E-state index in [1.54, 1.807) is 0 Å². The molecule has 0 aliphatic heterocycles. The van der Waals surface area contributed by atoms with Gasteiger partial charge in [0.1, 0.15) is 5.35 Å². The van der Waals surface area contributed by atoms with Crippen LogP contribution in [0.1, 0.15) is 31.4 Å². The van der Waals surface area contributed by atoms with Gasteiger partial charge in [-0.2, -0.15) is 0 Å². The highest BCUT2D eigenvalue weighted by molar-refractivity contribution is 5.77. The number of anilines is 1. The Morgan fingerprint density at radius 3 is 2.65 bits per heavy atom. The number of hydrogen-bond donors (Lipinski definition) is 1. The van der Waals surface area contributed by atoms with Crippen LogP contribution in [0, 0.1) is 6.92 Å². The van der Waals surface area contributed by atoms with E-state index in [-0.39, 0.29) is 0 Å². The second-order valence-electron chi connectivity index (χ2n) is 6.22. The maximum absolute atomic E-state index is 5.94. The van der Waals surface area contributed by atoms with E-state index in [2.05, 4.69) is 55.0 Å². The first-order valence-corrected chi connectivity index (χ1v) is 8.87. The smallest absolute Gasteiger partial charge is 0.227 e. The molecule has 3 rings (SSSR count). The van der Waals surface area contributed by atoms with Gasteiger partial charge in [0.15, 0.2) is 5.42 Å². The molecule has 3 heteroatoms. The van der Waals surface area contributed by atoms with Crippen LogP contribution in [-0.2, 0) is 0 Å². The molecule has 132 valence electrons. The lowest BCUT2D eigenvalue weighted by Crippen LogP contribution is -2.21. The van der Waals surface area contributed by atoms with Crippen molar-refractivity contribution in [2.45, 2.75) is 27.2 Å². The van der Waals surface area contributed by atoms with Gasteiger partial charge in [-0.1, -0.05) is 55.5 Å². The highest BCUT2D eigenvalue weighted by Gasteiger charge is 2.07. The fourth-order valence-corrected chi connectivity index (χ4v) is 2.74. The minimum Gasteiger partial charge on any atom is -0.436 e. The van der Waals surface area contributed by atoms with E-state index in [1.807, 2.05) is 43.3 Å². The summed E-state index contributed by atoms with van der Waals surface area (Å²) in [5.41, 5.74) is 5.87. The van der Waals surface area contributed by atoms with Crippen molar-refractivity contribution in [2.75, 3.05) is 5.32 Å². The van der Waals surface area contributed by atoms with Crippen LogP contribution in [0.5, 0.6) is 0 Å². The van der Waals surface area contributed by atoms with Crippen LogP contribution in [0.15, 0.2) is 59.5 Å². The number of hydrogen-bond acceptors (Lipinski definition) is 3. The molecule has 0 aliphatic carbocycles. The molecule has 0 aliphatic rings. The van der Waals surface area contributed by atoms with Gasteiger partial charge in [-0.25, -0.2) is 4.98 Å². The van der Waals surface area contributed by atoms with Gasteiger partial charge < -0.3 is 9.73 Å². The first-order valence-electron chi connectivity index (χ1n) is 8.87. The Hall–Kier alpha value is -3.07. The lowest BCUT2D eigenvalue weighted by molar-refractivity contribution is 0.539. The second kappa shape index (κ2) is 7.87. The summed E-state index contributed by atoms with van der Waals surface area (Å²) >= 11 is 0. The number of aryl methyl sites for hydroxylation is 1. The maximum atomic E-state index is 5.94. The fraction of sp³-hybridized carbons (Fsp3) is 0.174. The molecule has 0 radical (unpaired) electrons. The molecule has 0 saturated carbocycles. The lowest BCUT2D eigenvalue weighted by atomic mass is 10.1. The van der Waals surface area contributed by atoms with Crippen molar-refractivity contribution < 1.29 is 4.42 Å². The Balaban J connectivity index is 1.88. The van der Waals surface area contributed by atoms with Crippen molar-refractivity contribution >= 4 is 23.5 Å². The van der Waals surface area contributed by atoms with Gasteiger partial charge in [-0.3, -0.25) is 0 Å². The number of benzene rings is 2. The molecule has 1 N–H and O–H groups in total. The standard InChI is InChI=1S/C23H24N2O/c1-5-8-22-21(6-2)25-23(26-22)19-9-7-10-20(15-19)24-17(4)18-13-11-16(3)12-14-18/h6-15,24H,4-5H2,1-3H3/b21-6+,22-8+. The summed E-state index contributed by atoms with van der Waals surface area (Å²) < 4.78 is 5.94. The molecule has 0 unspecified atom stereocenters. The first-order chi connectivity index (χ1) is 12.6. The average Bonchev–Trinajstić information content (AvgIpc) is 3.06. The Morgan fingerprint density at radius 1 is 1.19 bits per heavy atom. The van der Waals surface area contributed by atoms with Crippen LogP contribution < -0.4 is 16.1 Å². The third-order valence-electron chi connectivity index (χ3n) is 4.15. The summed E-state index contributed by atoms with van der Waals surface area (Å²) in [7, 11) is 0. The monoisotopic (exact) mass is 344 g/mol. The van der Waals surface area contributed by atoms with Crippen LogP contribution >= 0.6 is 0 Å². The van der Waals surface area contributed by atoms with Crippen molar-refractivity contribution in [2.24, 2.45) is 0 Å². The molecular formula is C23H24N2O. The van der Waals surface area contributed by atoms with Crippen LogP contribution in [0.2, 0.25) is 0 Å². The summed E-state index contributed by atoms with van der Waals surface area (Å²) in [6.45, 7) is 10.3. The second-order valence-corrected chi connectivity index (χ2v) is 6.22. The molecule has 0 bridgehead atoms. The van der Waals surface area contributed by atoms with Gasteiger partial charge in [-0.05, 0) is 50.1 Å². The van der Waals surface area contributed by atoms with E-state index >= 15 is 0 Å². The summed E-state index contributed by atoms with van der Waals surface area (Å²) in [6.07, 6.45) is 4.93. The van der Waals surface area contributed by atoms with Crippen molar-refractivity contribution in [1.82, 2.24) is 4.98 Å². The topological polar surface area (TPSA) is 38.1 Å². The van der Waals surface area contributed by atoms with Crippen LogP contribution in [0.25, 0.3) is 29.3 Å². The van der Waals surface area contributed by atoms with Crippen LogP contribution in [0.3, 0.4) is 0 Å². The third-order valence-corrected chi connectivity index (χ3v) is 4.15. The molecule has 3 nitrogen and oxygen atoms in total. The zero-order valence-electron chi connectivity index (χ0n) is 15.5. The van der Waals surface area contributed by atoms with Crippen LogP contribution in [0.4, 0.5) is 5.69 Å². The quantitative estimate of drug-likeness (QED) is 0.727. The molecule has 3 aromatic rings. The minimum atomic E-state index is 0.627. The van der Waals surface area contributed by atoms with E-state index in [9.17, 15) is 0 Å². The zero-order valence-corrected chi connectivity index (χ0v) is 15.5. The molecule has 1 aromatic heterocycles. The van der Waals surface area contributed by atoms with Crippen molar-refractivity contribution in [3.63, 3.8) is 0 Å². The van der Waals surface area contributed by atoms with Gasteiger partial charge in [0, 0.05) is 16.9 Å². The molecule has 0 fully saturated rings. The highest BCUT2D eigenvalue weighted by Crippen LogP contribution is 2.22. The Kier molecular flexibility index (Phi) is 5.37. The molecular weight excluding hydrogens is 320 g/mol. The number of nitrogens with one attached hydrogen (secondary N) is 1. The summed E-state index contributed by atoms with van der Waals surface area (Å²) in [5, 5.41) is 4.25. The van der Waals surface area contributed by atoms with Gasteiger partial charge in [0.25, 0.3) is 0 Å². The number of aromatic nitrogens is 1. The molecule has 0 atom stereocenters. The Labute approximate surface area is 154 Å². The van der Waals surface area contributed by atoms with E-state index in [0.717, 1.165) is 39.7 Å². The van der Waals surface area contributed by atoms with Crippen molar-refractivity contribution in [3.8, 4) is 11.5 Å². The van der Waals surface area contributed by atoms with Crippen LogP contribution in [-0.4, -0.2) is 4.98 Å². The van der Waals surface area contributed by atoms with Crippen molar-refractivity contribution in [1.29, 1.82) is 0 Å². The molecule has 26 heavy (non-hydrogen) atoms. The van der Waals surface area contributed by atoms with Gasteiger partial charge in [0.05, 0.1) is 0 Å². The Bertz CT molecular complexity index is 1030. The summed E-state index contributed by atoms with van der Waals surface area (Å²) in [5.74, 6) is 0.627. The van der Waals surface area contributed by atoms with Gasteiger partial charge in [-0.15, -0.1) is 0 Å². The minimum absolute atomic E-state index is 0.627. The van der Waals surface area contributed by atoms with E-state index in [4.69, 9.17) is 4.42 Å². The largest absolute Gasteiger partial charge is 0.436 e. The zero-order chi connectivity index (χ0) is 18.5. The van der Waals surface area contributed by atoms with Crippen molar-refractivity contribution in [3.05, 3.63) is 77.0 Å². The average molecular weight is 344 g/mol. The molecule has 1 heterocycles. The Morgan fingerprint density at radius 2 is 1.96 bits per heavy atom. The predicted octanol–water partition coefficient (Wildman–Crippen LogP) is 4.72. The summed E-state index contributed by atoms with van der Waals surface area (Å²) in [6, 6.07) is 16.3. The number of rotatable bonds is 5. The van der Waals surface area contributed by atoms with Gasteiger partial charge >= 0.3 is 0 Å². The fourth-order valence-electron chi connectivity index (χ4n) is 2.74. The SMILES string of the molecule is C=C(Nc1cccc(-c2nc(=C/C)/c(=C\CC)o2)c1)c1ccc(C)cc1. The van der Waals surface area contributed by atoms with E-state index < -0.39 is 0 Å². The van der Waals surface area contributed by atoms with E-state index in [1.165, 1.54) is 5.56 Å². The molecule has 0 spiro atoms. The molecule has 0 saturated heterocycles. The maximum Gasteiger partial charge on any atom is 0.227 e. The summed E-state index contributed by atoms with van der Waals surface area (Å²) in [4.78, 5) is 4.60. The highest BCUT2D eigenvalue weighted by atomic mass is 16.3.